The van der Waals surface area contributed by atoms with Crippen molar-refractivity contribution >= 4 is 16.0 Å². The second-order valence-electron chi connectivity index (χ2n) is 5.84. The highest BCUT2D eigenvalue weighted by molar-refractivity contribution is 7.89. The molecule has 0 aliphatic carbocycles. The first-order valence-electron chi connectivity index (χ1n) is 7.71. The molecule has 0 saturated carbocycles. The Kier molecular flexibility index (Phi) is 5.24. The third kappa shape index (κ3) is 3.33. The molecule has 1 N–H and O–H groups in total. The zero-order valence-electron chi connectivity index (χ0n) is 13.0. The van der Waals surface area contributed by atoms with E-state index >= 15 is 0 Å². The first kappa shape index (κ1) is 17.0. The van der Waals surface area contributed by atoms with Crippen LogP contribution < -0.4 is 0 Å². The zero-order chi connectivity index (χ0) is 16.3. The van der Waals surface area contributed by atoms with Gasteiger partial charge in [-0.1, -0.05) is 25.5 Å². The van der Waals surface area contributed by atoms with E-state index in [-0.39, 0.29) is 4.90 Å². The second-order valence-corrected chi connectivity index (χ2v) is 7.73. The van der Waals surface area contributed by atoms with Crippen LogP contribution in [0, 0.1) is 5.92 Å². The van der Waals surface area contributed by atoms with Crippen molar-refractivity contribution in [3.8, 4) is 0 Å². The summed E-state index contributed by atoms with van der Waals surface area (Å²) in [6, 6.07) is 6.39. The SMILES string of the molecule is CCCc1ccc(S(=O)(=O)N2CCC[C@H](C(=O)O)[C@@H]2C)cc1. The number of piperidine rings is 1. The fourth-order valence-corrected chi connectivity index (χ4v) is 4.74. The van der Waals surface area contributed by atoms with Crippen LogP contribution in [-0.2, 0) is 21.2 Å². The number of aliphatic carboxylic acids is 1. The first-order valence-corrected chi connectivity index (χ1v) is 9.15. The number of carboxylic acid groups (broad SMARTS) is 1. The topological polar surface area (TPSA) is 74.7 Å². The molecule has 1 fully saturated rings. The number of aryl methyl sites for hydroxylation is 1. The second kappa shape index (κ2) is 6.79. The van der Waals surface area contributed by atoms with Crippen molar-refractivity contribution in [1.82, 2.24) is 4.31 Å². The van der Waals surface area contributed by atoms with E-state index in [2.05, 4.69) is 6.92 Å². The number of carbonyl (C=O) groups is 1. The van der Waals surface area contributed by atoms with Crippen molar-refractivity contribution < 1.29 is 18.3 Å². The number of hydrogen-bond acceptors (Lipinski definition) is 3. The predicted molar refractivity (Wildman–Crippen MR) is 84.2 cm³/mol. The fraction of sp³-hybridized carbons (Fsp3) is 0.562. The van der Waals surface area contributed by atoms with Crippen LogP contribution in [0.4, 0.5) is 0 Å². The van der Waals surface area contributed by atoms with Gasteiger partial charge in [0.2, 0.25) is 10.0 Å². The third-order valence-corrected chi connectivity index (χ3v) is 6.32. The molecule has 1 aliphatic heterocycles. The summed E-state index contributed by atoms with van der Waals surface area (Å²) in [4.78, 5) is 11.5. The average Bonchev–Trinajstić information content (AvgIpc) is 2.48. The number of benzene rings is 1. The van der Waals surface area contributed by atoms with Crippen molar-refractivity contribution in [3.63, 3.8) is 0 Å². The Hall–Kier alpha value is -1.40. The summed E-state index contributed by atoms with van der Waals surface area (Å²) >= 11 is 0. The summed E-state index contributed by atoms with van der Waals surface area (Å²) in [5.74, 6) is -1.56. The van der Waals surface area contributed by atoms with Gasteiger partial charge in [-0.2, -0.15) is 4.31 Å². The van der Waals surface area contributed by atoms with Crippen molar-refractivity contribution in [2.24, 2.45) is 5.92 Å². The van der Waals surface area contributed by atoms with Crippen molar-refractivity contribution in [1.29, 1.82) is 0 Å². The Morgan fingerprint density at radius 2 is 1.95 bits per heavy atom. The standard InChI is InChI=1S/C16H23NO4S/c1-3-5-13-7-9-14(10-8-13)22(20,21)17-11-4-6-15(12(17)2)16(18)19/h7-10,12,15H,3-6,11H2,1-2H3,(H,18,19)/t12-,15-/m0/s1. The molecule has 5 nitrogen and oxygen atoms in total. The maximum Gasteiger partial charge on any atom is 0.308 e. The number of nitrogens with zero attached hydrogens (tertiary/aromatic N) is 1. The predicted octanol–water partition coefficient (Wildman–Crippen LogP) is 2.51. The molecule has 0 unspecified atom stereocenters. The van der Waals surface area contributed by atoms with Crippen LogP contribution in [-0.4, -0.2) is 36.4 Å². The molecule has 6 heteroatoms. The molecule has 0 radical (unpaired) electrons. The van der Waals surface area contributed by atoms with E-state index < -0.39 is 28.0 Å². The van der Waals surface area contributed by atoms with Gasteiger partial charge in [-0.05, 0) is 43.9 Å². The maximum absolute atomic E-state index is 12.8. The Bertz CT molecular complexity index is 624. The lowest BCUT2D eigenvalue weighted by Crippen LogP contribution is -2.48. The summed E-state index contributed by atoms with van der Waals surface area (Å²) in [6.07, 6.45) is 3.03. The van der Waals surface area contributed by atoms with E-state index in [0.717, 1.165) is 18.4 Å². The molecule has 1 aliphatic rings. The Morgan fingerprint density at radius 3 is 2.50 bits per heavy atom. The van der Waals surface area contributed by atoms with Crippen LogP contribution in [0.25, 0.3) is 0 Å². The largest absolute Gasteiger partial charge is 0.481 e. The van der Waals surface area contributed by atoms with Gasteiger partial charge in [-0.25, -0.2) is 8.42 Å². The molecule has 0 aromatic heterocycles. The van der Waals surface area contributed by atoms with Crippen molar-refractivity contribution in [3.05, 3.63) is 29.8 Å². The van der Waals surface area contributed by atoms with Gasteiger partial charge in [-0.3, -0.25) is 4.79 Å². The minimum absolute atomic E-state index is 0.241. The molecule has 1 heterocycles. The third-order valence-electron chi connectivity index (χ3n) is 4.32. The molecule has 1 saturated heterocycles. The van der Waals surface area contributed by atoms with Crippen LogP contribution in [0.3, 0.4) is 0 Å². The molecule has 122 valence electrons. The lowest BCUT2D eigenvalue weighted by Gasteiger charge is -2.36. The first-order chi connectivity index (χ1) is 10.4. The van der Waals surface area contributed by atoms with E-state index in [0.29, 0.717) is 19.4 Å². The van der Waals surface area contributed by atoms with E-state index in [1.54, 1.807) is 19.1 Å². The van der Waals surface area contributed by atoms with Crippen LogP contribution in [0.5, 0.6) is 0 Å². The van der Waals surface area contributed by atoms with Gasteiger partial charge in [0.05, 0.1) is 10.8 Å². The van der Waals surface area contributed by atoms with Crippen LogP contribution in [0.1, 0.15) is 38.7 Å². The Labute approximate surface area is 132 Å². The quantitative estimate of drug-likeness (QED) is 0.902. The normalized spacial score (nSPS) is 23.4. The van der Waals surface area contributed by atoms with E-state index in [1.807, 2.05) is 12.1 Å². The lowest BCUT2D eigenvalue weighted by molar-refractivity contribution is -0.144. The Balaban J connectivity index is 2.27. The molecule has 2 atom stereocenters. The van der Waals surface area contributed by atoms with Gasteiger partial charge >= 0.3 is 5.97 Å². The van der Waals surface area contributed by atoms with E-state index in [1.165, 1.54) is 4.31 Å². The average molecular weight is 325 g/mol. The minimum atomic E-state index is -3.64. The van der Waals surface area contributed by atoms with Crippen LogP contribution >= 0.6 is 0 Å². The number of carboxylic acids is 1. The summed E-state index contributed by atoms with van der Waals surface area (Å²) in [5, 5.41) is 9.24. The van der Waals surface area contributed by atoms with Gasteiger partial charge in [0.25, 0.3) is 0 Å². The molecule has 2 rings (SSSR count). The van der Waals surface area contributed by atoms with Gasteiger partial charge in [0.15, 0.2) is 0 Å². The summed E-state index contributed by atoms with van der Waals surface area (Å²) in [7, 11) is -3.64. The molecule has 1 aromatic rings. The van der Waals surface area contributed by atoms with Gasteiger partial charge in [-0.15, -0.1) is 0 Å². The van der Waals surface area contributed by atoms with Gasteiger partial charge in [0, 0.05) is 12.6 Å². The maximum atomic E-state index is 12.8. The summed E-state index contributed by atoms with van der Waals surface area (Å²) in [5.41, 5.74) is 1.11. The van der Waals surface area contributed by atoms with Crippen LogP contribution in [0.2, 0.25) is 0 Å². The molecular formula is C16H23NO4S. The molecule has 22 heavy (non-hydrogen) atoms. The zero-order valence-corrected chi connectivity index (χ0v) is 13.8. The van der Waals surface area contributed by atoms with Gasteiger partial charge in [0.1, 0.15) is 0 Å². The van der Waals surface area contributed by atoms with E-state index in [4.69, 9.17) is 0 Å². The highest BCUT2D eigenvalue weighted by atomic mass is 32.2. The smallest absolute Gasteiger partial charge is 0.308 e. The Morgan fingerprint density at radius 1 is 1.32 bits per heavy atom. The lowest BCUT2D eigenvalue weighted by atomic mass is 9.92. The fourth-order valence-electron chi connectivity index (χ4n) is 3.03. The number of hydrogen-bond donors (Lipinski definition) is 1. The van der Waals surface area contributed by atoms with Crippen molar-refractivity contribution in [2.45, 2.75) is 50.5 Å². The monoisotopic (exact) mass is 325 g/mol. The number of rotatable bonds is 5. The molecule has 0 amide bonds. The van der Waals surface area contributed by atoms with E-state index in [9.17, 15) is 18.3 Å². The number of sulfonamides is 1. The highest BCUT2D eigenvalue weighted by Gasteiger charge is 2.39. The highest BCUT2D eigenvalue weighted by Crippen LogP contribution is 2.29. The minimum Gasteiger partial charge on any atom is -0.481 e. The molecule has 1 aromatic carbocycles. The molecule has 0 spiro atoms. The molecule has 0 bridgehead atoms. The summed E-state index contributed by atoms with van der Waals surface area (Å²) < 4.78 is 26.9. The van der Waals surface area contributed by atoms with Gasteiger partial charge < -0.3 is 5.11 Å². The van der Waals surface area contributed by atoms with Crippen molar-refractivity contribution in [2.75, 3.05) is 6.54 Å². The van der Waals surface area contributed by atoms with Crippen LogP contribution in [0.15, 0.2) is 29.2 Å². The summed E-state index contributed by atoms with van der Waals surface area (Å²) in [6.45, 7) is 4.14. The molecular weight excluding hydrogens is 302 g/mol.